The van der Waals surface area contributed by atoms with Crippen molar-refractivity contribution in [2.75, 3.05) is 6.54 Å². The summed E-state index contributed by atoms with van der Waals surface area (Å²) < 4.78 is 0. The average Bonchev–Trinajstić information content (AvgIpc) is 2.36. The molecule has 0 bridgehead atoms. The van der Waals surface area contributed by atoms with Gasteiger partial charge in [0.1, 0.15) is 0 Å². The Labute approximate surface area is 110 Å². The smallest absolute Gasteiger partial charge is 0.311 e. The second-order valence-corrected chi connectivity index (χ2v) is 4.49. The highest BCUT2D eigenvalue weighted by molar-refractivity contribution is 5.94. The van der Waals surface area contributed by atoms with E-state index in [0.29, 0.717) is 5.56 Å². The van der Waals surface area contributed by atoms with E-state index in [1.165, 1.54) is 6.92 Å². The van der Waals surface area contributed by atoms with Gasteiger partial charge in [-0.25, -0.2) is 0 Å². The fourth-order valence-corrected chi connectivity index (χ4v) is 1.51. The summed E-state index contributed by atoms with van der Waals surface area (Å²) in [6, 6.07) is 8.29. The molecule has 0 radical (unpaired) electrons. The molecular formula is C13H15NO5. The third-order valence-electron chi connectivity index (χ3n) is 2.73. The molecule has 0 saturated heterocycles. The van der Waals surface area contributed by atoms with Crippen LogP contribution in [0.3, 0.4) is 0 Å². The van der Waals surface area contributed by atoms with Gasteiger partial charge in [-0.2, -0.15) is 0 Å². The number of rotatable bonds is 6. The van der Waals surface area contributed by atoms with Crippen LogP contribution in [-0.4, -0.2) is 34.6 Å². The van der Waals surface area contributed by atoms with Crippen LogP contribution < -0.4 is 5.32 Å². The fourth-order valence-electron chi connectivity index (χ4n) is 1.51. The SMILES string of the molecule is CC(CNC(=O)c1ccccc1)(CC(=O)O)C(=O)O. The van der Waals surface area contributed by atoms with Gasteiger partial charge >= 0.3 is 11.9 Å². The van der Waals surface area contributed by atoms with Crippen molar-refractivity contribution in [3.05, 3.63) is 35.9 Å². The lowest BCUT2D eigenvalue weighted by molar-refractivity contribution is -0.154. The number of carbonyl (C=O) groups is 3. The molecule has 102 valence electrons. The topological polar surface area (TPSA) is 104 Å². The van der Waals surface area contributed by atoms with Crippen molar-refractivity contribution in [3.8, 4) is 0 Å². The van der Waals surface area contributed by atoms with Crippen molar-refractivity contribution in [3.63, 3.8) is 0 Å². The first-order valence-corrected chi connectivity index (χ1v) is 5.63. The Bertz CT molecular complexity index is 485. The summed E-state index contributed by atoms with van der Waals surface area (Å²) >= 11 is 0. The van der Waals surface area contributed by atoms with E-state index >= 15 is 0 Å². The molecule has 1 aromatic carbocycles. The number of amides is 1. The summed E-state index contributed by atoms with van der Waals surface area (Å²) in [4.78, 5) is 33.5. The molecule has 1 unspecified atom stereocenters. The normalized spacial score (nSPS) is 13.3. The molecule has 6 nitrogen and oxygen atoms in total. The van der Waals surface area contributed by atoms with Gasteiger partial charge in [-0.05, 0) is 19.1 Å². The largest absolute Gasteiger partial charge is 0.481 e. The predicted molar refractivity (Wildman–Crippen MR) is 66.8 cm³/mol. The summed E-state index contributed by atoms with van der Waals surface area (Å²) in [5.41, 5.74) is -1.14. The molecule has 1 rings (SSSR count). The van der Waals surface area contributed by atoms with Crippen molar-refractivity contribution in [2.24, 2.45) is 5.41 Å². The van der Waals surface area contributed by atoms with Crippen LogP contribution in [0, 0.1) is 5.41 Å². The molecule has 1 aromatic rings. The Hall–Kier alpha value is -2.37. The number of carboxylic acid groups (broad SMARTS) is 2. The van der Waals surface area contributed by atoms with E-state index in [-0.39, 0.29) is 6.54 Å². The highest BCUT2D eigenvalue weighted by Crippen LogP contribution is 2.20. The van der Waals surface area contributed by atoms with Crippen LogP contribution in [0.5, 0.6) is 0 Å². The average molecular weight is 265 g/mol. The number of carboxylic acids is 2. The first-order chi connectivity index (χ1) is 8.85. The van der Waals surface area contributed by atoms with Crippen LogP contribution in [-0.2, 0) is 9.59 Å². The molecule has 3 N–H and O–H groups in total. The zero-order valence-electron chi connectivity index (χ0n) is 10.4. The third-order valence-corrected chi connectivity index (χ3v) is 2.73. The highest BCUT2D eigenvalue weighted by Gasteiger charge is 2.36. The first kappa shape index (κ1) is 14.7. The Morgan fingerprint density at radius 3 is 2.21 bits per heavy atom. The van der Waals surface area contributed by atoms with Crippen LogP contribution >= 0.6 is 0 Å². The summed E-state index contributed by atoms with van der Waals surface area (Å²) in [5, 5.41) is 20.2. The number of hydrogen-bond acceptors (Lipinski definition) is 3. The second kappa shape index (κ2) is 5.99. The van der Waals surface area contributed by atoms with Crippen LogP contribution in [0.4, 0.5) is 0 Å². The lowest BCUT2D eigenvalue weighted by atomic mass is 9.86. The predicted octanol–water partition coefficient (Wildman–Crippen LogP) is 0.982. The Balaban J connectivity index is 2.70. The zero-order valence-corrected chi connectivity index (χ0v) is 10.4. The minimum absolute atomic E-state index is 0.248. The maximum Gasteiger partial charge on any atom is 0.311 e. The number of benzene rings is 1. The van der Waals surface area contributed by atoms with Crippen LogP contribution in [0.2, 0.25) is 0 Å². The molecule has 1 amide bonds. The molecule has 0 heterocycles. The van der Waals surface area contributed by atoms with Gasteiger partial charge in [-0.3, -0.25) is 14.4 Å². The quantitative estimate of drug-likeness (QED) is 0.711. The van der Waals surface area contributed by atoms with Crippen LogP contribution in [0.15, 0.2) is 30.3 Å². The second-order valence-electron chi connectivity index (χ2n) is 4.49. The Kier molecular flexibility index (Phi) is 4.63. The van der Waals surface area contributed by atoms with Gasteiger partial charge in [0, 0.05) is 12.1 Å². The highest BCUT2D eigenvalue weighted by atomic mass is 16.4. The van der Waals surface area contributed by atoms with E-state index in [4.69, 9.17) is 10.2 Å². The summed E-state index contributed by atoms with van der Waals surface area (Å²) in [7, 11) is 0. The van der Waals surface area contributed by atoms with Crippen molar-refractivity contribution in [1.29, 1.82) is 0 Å². The molecule has 0 fully saturated rings. The molecule has 0 aliphatic rings. The molecule has 0 aliphatic carbocycles. The van der Waals surface area contributed by atoms with E-state index in [0.717, 1.165) is 0 Å². The summed E-state index contributed by atoms with van der Waals surface area (Å²) in [6.45, 7) is 1.04. The van der Waals surface area contributed by atoms with Crippen LogP contribution in [0.25, 0.3) is 0 Å². The minimum Gasteiger partial charge on any atom is -0.481 e. The maximum absolute atomic E-state index is 11.7. The standard InChI is InChI=1S/C13H15NO5/c1-13(12(18)19,7-10(15)16)8-14-11(17)9-5-3-2-4-6-9/h2-6H,7-8H2,1H3,(H,14,17)(H,15,16)(H,18,19). The van der Waals surface area contributed by atoms with Crippen molar-refractivity contribution < 1.29 is 24.6 Å². The van der Waals surface area contributed by atoms with E-state index in [1.54, 1.807) is 30.3 Å². The number of nitrogens with one attached hydrogen (secondary N) is 1. The van der Waals surface area contributed by atoms with Crippen molar-refractivity contribution >= 4 is 17.8 Å². The molecule has 0 aromatic heterocycles. The molecule has 19 heavy (non-hydrogen) atoms. The fraction of sp³-hybridized carbons (Fsp3) is 0.308. The van der Waals surface area contributed by atoms with Gasteiger partial charge in [0.2, 0.25) is 0 Å². The van der Waals surface area contributed by atoms with Gasteiger partial charge in [-0.1, -0.05) is 18.2 Å². The molecule has 0 aliphatic heterocycles. The molecular weight excluding hydrogens is 250 g/mol. The molecule has 1 atom stereocenters. The van der Waals surface area contributed by atoms with E-state index < -0.39 is 29.7 Å². The van der Waals surface area contributed by atoms with Crippen molar-refractivity contribution in [2.45, 2.75) is 13.3 Å². The van der Waals surface area contributed by atoms with E-state index in [9.17, 15) is 14.4 Å². The molecule has 0 saturated carbocycles. The van der Waals surface area contributed by atoms with E-state index in [2.05, 4.69) is 5.32 Å². The minimum atomic E-state index is -1.53. The molecule has 0 spiro atoms. The summed E-state index contributed by atoms with van der Waals surface area (Å²) in [5.74, 6) is -2.92. The van der Waals surface area contributed by atoms with Gasteiger partial charge < -0.3 is 15.5 Å². The number of carbonyl (C=O) groups excluding carboxylic acids is 1. The zero-order chi connectivity index (χ0) is 14.5. The monoisotopic (exact) mass is 265 g/mol. The first-order valence-electron chi connectivity index (χ1n) is 5.63. The van der Waals surface area contributed by atoms with Gasteiger partial charge in [-0.15, -0.1) is 0 Å². The number of aliphatic carboxylic acids is 2. The van der Waals surface area contributed by atoms with E-state index in [1.807, 2.05) is 0 Å². The van der Waals surface area contributed by atoms with Gasteiger partial charge in [0.05, 0.1) is 11.8 Å². The Morgan fingerprint density at radius 1 is 1.16 bits per heavy atom. The lowest BCUT2D eigenvalue weighted by Gasteiger charge is -2.23. The third kappa shape index (κ3) is 4.09. The Morgan fingerprint density at radius 2 is 1.74 bits per heavy atom. The summed E-state index contributed by atoms with van der Waals surface area (Å²) in [6.07, 6.45) is -0.558. The van der Waals surface area contributed by atoms with Crippen LogP contribution in [0.1, 0.15) is 23.7 Å². The van der Waals surface area contributed by atoms with Gasteiger partial charge in [0.15, 0.2) is 0 Å². The van der Waals surface area contributed by atoms with Gasteiger partial charge in [0.25, 0.3) is 5.91 Å². The lowest BCUT2D eigenvalue weighted by Crippen LogP contribution is -2.42. The molecule has 6 heteroatoms. The maximum atomic E-state index is 11.7. The number of hydrogen-bond donors (Lipinski definition) is 3. The van der Waals surface area contributed by atoms with Crippen molar-refractivity contribution in [1.82, 2.24) is 5.32 Å².